The minimum Gasteiger partial charge on any atom is -0.462 e. The minimum atomic E-state index is -3.60. The summed E-state index contributed by atoms with van der Waals surface area (Å²) in [6.07, 6.45) is 0. The highest BCUT2D eigenvalue weighted by molar-refractivity contribution is 7.94. The lowest BCUT2D eigenvalue weighted by molar-refractivity contribution is -0.153. The van der Waals surface area contributed by atoms with Gasteiger partial charge in [0.2, 0.25) is 0 Å². The van der Waals surface area contributed by atoms with Crippen LogP contribution in [0.15, 0.2) is 12.0 Å². The molecule has 0 aliphatic rings. The predicted octanol–water partition coefficient (Wildman–Crippen LogP) is 1.95. The van der Waals surface area contributed by atoms with E-state index in [-0.39, 0.29) is 19.1 Å². The van der Waals surface area contributed by atoms with Gasteiger partial charge in [-0.2, -0.15) is 0 Å². The first-order valence-electron chi connectivity index (χ1n) is 6.69. The van der Waals surface area contributed by atoms with Gasteiger partial charge in [-0.05, 0) is 5.92 Å². The van der Waals surface area contributed by atoms with Gasteiger partial charge < -0.3 is 9.47 Å². The Bertz CT molecular complexity index is 420. The Hall–Kier alpha value is -1.37. The molecule has 0 aromatic heterocycles. The minimum absolute atomic E-state index is 0.0864. The third-order valence-electron chi connectivity index (χ3n) is 1.64. The fourth-order valence-electron chi connectivity index (χ4n) is 0.729. The van der Waals surface area contributed by atoms with Crippen molar-refractivity contribution in [2.24, 2.45) is 11.8 Å². The second kappa shape index (κ2) is 11.3. The van der Waals surface area contributed by atoms with E-state index in [1.54, 1.807) is 13.8 Å². The van der Waals surface area contributed by atoms with Gasteiger partial charge in [-0.15, -0.1) is 0 Å². The van der Waals surface area contributed by atoms with E-state index in [0.29, 0.717) is 5.41 Å². The molecular formula is C14H26O6S. The smallest absolute Gasteiger partial charge is 0.321 e. The third-order valence-corrected chi connectivity index (χ3v) is 2.78. The molecule has 0 aromatic carbocycles. The van der Waals surface area contributed by atoms with Crippen molar-refractivity contribution in [2.45, 2.75) is 34.6 Å². The van der Waals surface area contributed by atoms with Crippen LogP contribution in [0.5, 0.6) is 0 Å². The van der Waals surface area contributed by atoms with E-state index in [4.69, 9.17) is 4.74 Å². The lowest BCUT2D eigenvalue weighted by Gasteiger charge is -2.07. The Morgan fingerprint density at radius 3 is 1.86 bits per heavy atom. The molecule has 0 atom stereocenters. The third kappa shape index (κ3) is 16.6. The van der Waals surface area contributed by atoms with Crippen LogP contribution in [0, 0.1) is 11.8 Å². The summed E-state index contributed by atoms with van der Waals surface area (Å²) < 4.78 is 31.2. The molecule has 0 bridgehead atoms. The van der Waals surface area contributed by atoms with Crippen LogP contribution >= 0.6 is 0 Å². The summed E-state index contributed by atoms with van der Waals surface area (Å²) in [5, 5.41) is 0.688. The Morgan fingerprint density at radius 2 is 1.48 bits per heavy atom. The highest BCUT2D eigenvalue weighted by Crippen LogP contribution is 1.96. The van der Waals surface area contributed by atoms with Crippen LogP contribution in [0.25, 0.3) is 0 Å². The van der Waals surface area contributed by atoms with Crippen molar-refractivity contribution >= 4 is 21.8 Å². The van der Waals surface area contributed by atoms with Crippen molar-refractivity contribution in [3.63, 3.8) is 0 Å². The zero-order chi connectivity index (χ0) is 17.1. The van der Waals surface area contributed by atoms with Crippen molar-refractivity contribution < 1.29 is 27.5 Å². The van der Waals surface area contributed by atoms with Gasteiger partial charge in [0, 0.05) is 5.41 Å². The molecule has 0 rings (SSSR count). The molecule has 6 nitrogen and oxygen atoms in total. The second-order valence-corrected chi connectivity index (χ2v) is 7.20. The lowest BCUT2D eigenvalue weighted by Crippen LogP contribution is -2.20. The number of ether oxygens (including phenoxy) is 2. The van der Waals surface area contributed by atoms with Gasteiger partial charge in [0.15, 0.2) is 15.6 Å². The van der Waals surface area contributed by atoms with Gasteiger partial charge in [-0.25, -0.2) is 8.42 Å². The molecule has 21 heavy (non-hydrogen) atoms. The molecule has 7 heteroatoms. The lowest BCUT2D eigenvalue weighted by atomic mass is 10.2. The van der Waals surface area contributed by atoms with Crippen LogP contribution in [0.3, 0.4) is 0 Å². The largest absolute Gasteiger partial charge is 0.462 e. The summed E-state index contributed by atoms with van der Waals surface area (Å²) in [6, 6.07) is 0. The van der Waals surface area contributed by atoms with Crippen LogP contribution in [-0.2, 0) is 28.9 Å². The molecule has 0 unspecified atom stereocenters. The maximum atomic E-state index is 11.0. The molecule has 124 valence electrons. The van der Waals surface area contributed by atoms with Crippen molar-refractivity contribution in [3.8, 4) is 0 Å². The fourth-order valence-corrected chi connectivity index (χ4v) is 1.26. The molecule has 0 aliphatic carbocycles. The number of carbonyl (C=O) groups excluding carboxylic acids is 2. The van der Waals surface area contributed by atoms with E-state index >= 15 is 0 Å². The highest BCUT2D eigenvalue weighted by Gasteiger charge is 2.14. The average molecular weight is 322 g/mol. The molecule has 0 aliphatic heterocycles. The molecule has 0 spiro atoms. The quantitative estimate of drug-likeness (QED) is 0.526. The van der Waals surface area contributed by atoms with Crippen LogP contribution in [-0.4, -0.2) is 39.3 Å². The standard InChI is InChI=1S/C10H16O6S.C4H10/c1-4-17(13,14)7-9(11)15-5-6-16-10(12)8(2)3;1-4(2)3/h4,8H,1,5-7H2,2-3H3;4H,1-3H3. The van der Waals surface area contributed by atoms with Crippen molar-refractivity contribution in [2.75, 3.05) is 19.0 Å². The van der Waals surface area contributed by atoms with E-state index < -0.39 is 27.5 Å². The summed E-state index contributed by atoms with van der Waals surface area (Å²) in [5.41, 5.74) is 0. The Kier molecular flexibility index (Phi) is 11.8. The molecule has 0 aromatic rings. The second-order valence-electron chi connectivity index (χ2n) is 5.25. The first kappa shape index (κ1) is 21.9. The van der Waals surface area contributed by atoms with Gasteiger partial charge in [-0.1, -0.05) is 41.2 Å². The molecule has 0 saturated heterocycles. The zero-order valence-electron chi connectivity index (χ0n) is 13.4. The van der Waals surface area contributed by atoms with E-state index in [0.717, 1.165) is 5.92 Å². The van der Waals surface area contributed by atoms with Gasteiger partial charge in [-0.3, -0.25) is 9.59 Å². The SMILES string of the molecule is C=CS(=O)(=O)CC(=O)OCCOC(=O)C(C)C.CC(C)C. The van der Waals surface area contributed by atoms with Crippen molar-refractivity contribution in [1.82, 2.24) is 0 Å². The van der Waals surface area contributed by atoms with Crippen LogP contribution in [0.4, 0.5) is 0 Å². The Balaban J connectivity index is 0. The normalized spacial score (nSPS) is 10.6. The van der Waals surface area contributed by atoms with Crippen LogP contribution < -0.4 is 0 Å². The molecule has 0 heterocycles. The van der Waals surface area contributed by atoms with E-state index in [2.05, 4.69) is 32.1 Å². The maximum Gasteiger partial charge on any atom is 0.321 e. The number of esters is 2. The van der Waals surface area contributed by atoms with Gasteiger partial charge >= 0.3 is 11.9 Å². The molecule has 0 saturated carbocycles. The van der Waals surface area contributed by atoms with Gasteiger partial charge in [0.25, 0.3) is 0 Å². The topological polar surface area (TPSA) is 86.7 Å². The summed E-state index contributed by atoms with van der Waals surface area (Å²) in [4.78, 5) is 22.0. The Morgan fingerprint density at radius 1 is 1.05 bits per heavy atom. The predicted molar refractivity (Wildman–Crippen MR) is 81.3 cm³/mol. The number of sulfone groups is 1. The summed E-state index contributed by atoms with van der Waals surface area (Å²) in [7, 11) is -3.60. The van der Waals surface area contributed by atoms with E-state index in [1.807, 2.05) is 0 Å². The van der Waals surface area contributed by atoms with Crippen LogP contribution in [0.1, 0.15) is 34.6 Å². The monoisotopic (exact) mass is 322 g/mol. The Labute approximate surface area is 127 Å². The molecule has 0 N–H and O–H groups in total. The first-order valence-corrected chi connectivity index (χ1v) is 8.40. The molecule has 0 fully saturated rings. The fraction of sp³-hybridized carbons (Fsp3) is 0.714. The number of hydrogen-bond donors (Lipinski definition) is 0. The number of carbonyl (C=O) groups is 2. The highest BCUT2D eigenvalue weighted by atomic mass is 32.2. The zero-order valence-corrected chi connectivity index (χ0v) is 14.2. The van der Waals surface area contributed by atoms with E-state index in [9.17, 15) is 18.0 Å². The molecular weight excluding hydrogens is 296 g/mol. The summed E-state index contributed by atoms with van der Waals surface area (Å²) >= 11 is 0. The number of rotatable bonds is 7. The molecule has 0 radical (unpaired) electrons. The van der Waals surface area contributed by atoms with Crippen molar-refractivity contribution in [3.05, 3.63) is 12.0 Å². The van der Waals surface area contributed by atoms with Crippen molar-refractivity contribution in [1.29, 1.82) is 0 Å². The number of hydrogen-bond acceptors (Lipinski definition) is 6. The van der Waals surface area contributed by atoms with Crippen LogP contribution in [0.2, 0.25) is 0 Å². The van der Waals surface area contributed by atoms with E-state index in [1.165, 1.54) is 0 Å². The first-order chi connectivity index (χ1) is 9.51. The molecule has 0 amide bonds. The average Bonchev–Trinajstić information content (AvgIpc) is 2.33. The summed E-state index contributed by atoms with van der Waals surface area (Å²) in [5.74, 6) is -1.48. The summed E-state index contributed by atoms with van der Waals surface area (Å²) in [6.45, 7) is 12.7. The van der Waals surface area contributed by atoms with Gasteiger partial charge in [0.1, 0.15) is 13.2 Å². The maximum absolute atomic E-state index is 11.0. The van der Waals surface area contributed by atoms with Gasteiger partial charge in [0.05, 0.1) is 5.92 Å².